The largest absolute Gasteiger partial charge is 1.00 e. The molecule has 188 valence electrons. The molecule has 0 atom stereocenters. The van der Waals surface area contributed by atoms with Crippen molar-refractivity contribution in [1.29, 1.82) is 5.26 Å². The van der Waals surface area contributed by atoms with Gasteiger partial charge in [0.25, 0.3) is 0 Å². The summed E-state index contributed by atoms with van der Waals surface area (Å²) < 4.78 is 13.0. The van der Waals surface area contributed by atoms with Gasteiger partial charge in [-0.25, -0.2) is 14.7 Å². The van der Waals surface area contributed by atoms with Gasteiger partial charge in [-0.1, -0.05) is 0 Å². The van der Waals surface area contributed by atoms with Gasteiger partial charge in [-0.15, -0.1) is 11.1 Å². The van der Waals surface area contributed by atoms with Crippen LogP contribution in [-0.2, 0) is 4.79 Å². The zero-order chi connectivity index (χ0) is 26.4. The van der Waals surface area contributed by atoms with Crippen molar-refractivity contribution < 1.29 is 61.3 Å². The molecule has 0 bridgehead atoms. The molecule has 34 heavy (non-hydrogen) atoms. The van der Waals surface area contributed by atoms with Crippen LogP contribution in [0.4, 0.5) is 0 Å². The predicted octanol–water partition coefficient (Wildman–Crippen LogP) is 0.185. The van der Waals surface area contributed by atoms with Crippen LogP contribution in [0.15, 0.2) is 29.5 Å². The van der Waals surface area contributed by atoms with Crippen LogP contribution in [-0.4, -0.2) is 64.2 Å². The quantitative estimate of drug-likeness (QED) is 0.151. The van der Waals surface area contributed by atoms with Crippen molar-refractivity contribution >= 4 is 34.9 Å². The second-order valence-electron chi connectivity index (χ2n) is 11.9. The van der Waals surface area contributed by atoms with Crippen molar-refractivity contribution in [2.75, 3.05) is 0 Å². The molecule has 2 aliphatic rings. The molecule has 0 aromatic carbocycles. The predicted molar refractivity (Wildman–Crippen MR) is 139 cm³/mol. The van der Waals surface area contributed by atoms with Gasteiger partial charge in [0.2, 0.25) is 6.08 Å². The zero-order valence-corrected chi connectivity index (χ0v) is 29.5. The minimum Gasteiger partial charge on any atom is -0.812 e. The average Bonchev–Trinajstić information content (AvgIpc) is 3.18. The molecule has 12 heteroatoms. The van der Waals surface area contributed by atoms with Crippen LogP contribution >= 0.6 is 11.1 Å². The second kappa shape index (κ2) is 13.9. The van der Waals surface area contributed by atoms with Gasteiger partial charge in [-0.2, -0.15) is 0 Å². The summed E-state index contributed by atoms with van der Waals surface area (Å²) >= 11 is 6.54. The Hall–Kier alpha value is -0.290. The summed E-state index contributed by atoms with van der Waals surface area (Å²) in [5.41, 5.74) is 0.256. The maximum atomic E-state index is 10.6. The van der Waals surface area contributed by atoms with Crippen molar-refractivity contribution in [2.24, 2.45) is 4.66 Å². The van der Waals surface area contributed by atoms with Crippen molar-refractivity contribution in [3.8, 4) is 6.26 Å². The van der Waals surface area contributed by atoms with Crippen LogP contribution < -0.4 is 56.5 Å². The topological polar surface area (TPSA) is 89.2 Å². The first-order valence-corrected chi connectivity index (χ1v) is 15.3. The first-order chi connectivity index (χ1) is 14.7. The van der Waals surface area contributed by atoms with E-state index in [1.807, 2.05) is 12.4 Å². The standard InChI is InChI=1S/C11H21N3OSi.C10H21ClN2Si.CHNO.K/c1-10(2,3)13-7-8-14(11(4,5)6)16(13)12-9-15;1-9(2,3)12-7-8-13(14(12)11)10(4,5)6;2-1-3;/h7-8,16H,1-6H3;7-8,14H,1-6H3;3H;/q;;;+1/p-1. The summed E-state index contributed by atoms with van der Waals surface area (Å²) in [5.74, 6) is 0. The van der Waals surface area contributed by atoms with Crippen LogP contribution in [0.3, 0.4) is 0 Å². The zero-order valence-electron chi connectivity index (χ0n) is 23.3. The molecule has 2 aliphatic heterocycles. The van der Waals surface area contributed by atoms with E-state index in [1.165, 1.54) is 0 Å². The number of hydrogen-bond donors (Lipinski definition) is 0. The van der Waals surface area contributed by atoms with Crippen molar-refractivity contribution in [3.05, 3.63) is 24.8 Å². The van der Waals surface area contributed by atoms with E-state index in [-0.39, 0.29) is 73.5 Å². The Labute approximate surface area is 258 Å². The normalized spacial score (nSPS) is 16.7. The third kappa shape index (κ3) is 10.8. The molecule has 0 fully saturated rings. The molecule has 0 amide bonds. The molecular weight excluding hydrogens is 511 g/mol. The summed E-state index contributed by atoms with van der Waals surface area (Å²) in [7, 11) is -3.31. The van der Waals surface area contributed by atoms with E-state index >= 15 is 0 Å². The Kier molecular flexibility index (Phi) is 14.6. The fourth-order valence-electron chi connectivity index (χ4n) is 3.25. The number of hydrogen-bond acceptors (Lipinski definition) is 8. The van der Waals surface area contributed by atoms with Gasteiger partial charge in [-0.3, -0.25) is 0 Å². The van der Waals surface area contributed by atoms with E-state index in [2.05, 4.69) is 118 Å². The third-order valence-corrected chi connectivity index (χ3v) is 12.3. The van der Waals surface area contributed by atoms with Crippen molar-refractivity contribution in [2.45, 2.75) is 105 Å². The van der Waals surface area contributed by atoms with Gasteiger partial charge in [0, 0.05) is 53.2 Å². The summed E-state index contributed by atoms with van der Waals surface area (Å²) in [5, 5.41) is 15.0. The average molecular weight is 553 g/mol. The van der Waals surface area contributed by atoms with Crippen molar-refractivity contribution in [1.82, 2.24) is 18.3 Å². The molecule has 0 radical (unpaired) electrons. The summed E-state index contributed by atoms with van der Waals surface area (Å²) in [6.07, 6.45) is 10.6. The molecule has 0 saturated carbocycles. The van der Waals surface area contributed by atoms with E-state index in [9.17, 15) is 4.79 Å². The van der Waals surface area contributed by atoms with Crippen molar-refractivity contribution in [3.63, 3.8) is 0 Å². The maximum absolute atomic E-state index is 10.6. The smallest absolute Gasteiger partial charge is 0.812 e. The van der Waals surface area contributed by atoms with E-state index < -0.39 is 17.7 Å². The number of nitrogens with zero attached hydrogens (tertiary/aromatic N) is 6. The van der Waals surface area contributed by atoms with E-state index in [0.717, 1.165) is 0 Å². The molecule has 0 aromatic heterocycles. The molecule has 0 unspecified atom stereocenters. The monoisotopic (exact) mass is 552 g/mol. The third-order valence-electron chi connectivity index (χ3n) is 5.00. The summed E-state index contributed by atoms with van der Waals surface area (Å²) in [6, 6.07) is 0. The Morgan fingerprint density at radius 3 is 1.15 bits per heavy atom. The maximum Gasteiger partial charge on any atom is 1.00 e. The van der Waals surface area contributed by atoms with E-state index in [0.29, 0.717) is 6.26 Å². The van der Waals surface area contributed by atoms with Crippen LogP contribution in [0.25, 0.3) is 0 Å². The van der Waals surface area contributed by atoms with E-state index in [1.54, 1.807) is 6.08 Å². The molecule has 0 spiro atoms. The first kappa shape index (κ1) is 35.9. The van der Waals surface area contributed by atoms with Gasteiger partial charge in [-0.05, 0) is 83.1 Å². The number of isocyanates is 1. The minimum absolute atomic E-state index is 0. The van der Waals surface area contributed by atoms with Crippen LogP contribution in [0.1, 0.15) is 83.1 Å². The van der Waals surface area contributed by atoms with Gasteiger partial charge < -0.3 is 23.4 Å². The molecule has 2 heterocycles. The van der Waals surface area contributed by atoms with Gasteiger partial charge in [0.15, 0.2) is 0 Å². The Morgan fingerprint density at radius 1 is 0.735 bits per heavy atom. The fourth-order valence-corrected chi connectivity index (χ4v) is 9.84. The molecule has 2 rings (SSSR count). The molecule has 0 aliphatic carbocycles. The molecule has 0 N–H and O–H groups in total. The molecular formula is C22H42ClKN6O2Si2. The van der Waals surface area contributed by atoms with Crippen LogP contribution in [0, 0.1) is 11.5 Å². The fraction of sp³-hybridized carbons (Fsp3) is 0.727. The molecule has 8 nitrogen and oxygen atoms in total. The SMILES string of the molecule is CC(C)(C)N1C=CN(C(C)(C)C)[SiH]1Cl.CC(C)(C)N1C=CN(C(C)(C)C)[SiH]1N=C=O.N#C[O-].[K+]. The Balaban J connectivity index is 0. The Morgan fingerprint density at radius 2 is 0.971 bits per heavy atom. The summed E-state index contributed by atoms with van der Waals surface area (Å²) in [4.78, 5) is 10.6. The summed E-state index contributed by atoms with van der Waals surface area (Å²) in [6.45, 7) is 26.0. The van der Waals surface area contributed by atoms with Gasteiger partial charge in [0.1, 0.15) is 0 Å². The minimum atomic E-state index is -1.80. The van der Waals surface area contributed by atoms with Crippen LogP contribution in [0.2, 0.25) is 0 Å². The molecule has 0 aromatic rings. The Bertz CT molecular complexity index is 740. The first-order valence-electron chi connectivity index (χ1n) is 11.0. The molecule has 0 saturated heterocycles. The number of carbonyl (C=O) groups excluding carboxylic acids is 1. The number of rotatable bonds is 1. The van der Waals surface area contributed by atoms with Crippen LogP contribution in [0.5, 0.6) is 0 Å². The van der Waals surface area contributed by atoms with E-state index in [4.69, 9.17) is 21.4 Å². The van der Waals surface area contributed by atoms with Gasteiger partial charge >= 0.3 is 69.1 Å². The number of halogens is 1. The van der Waals surface area contributed by atoms with Gasteiger partial charge in [0.05, 0.1) is 0 Å². The number of nitriles is 1. The second-order valence-corrected chi connectivity index (χ2v) is 16.8.